The highest BCUT2D eigenvalue weighted by atomic mass is 19.1. The molecule has 9 nitrogen and oxygen atoms in total. The Balaban J connectivity index is 1.49. The molecule has 2 saturated heterocycles. The van der Waals surface area contributed by atoms with Gasteiger partial charge in [0, 0.05) is 26.7 Å². The molecule has 10 heteroatoms. The van der Waals surface area contributed by atoms with Crippen LogP contribution in [-0.4, -0.2) is 70.2 Å². The third kappa shape index (κ3) is 5.21. The summed E-state index contributed by atoms with van der Waals surface area (Å²) in [5.41, 5.74) is 0.800. The van der Waals surface area contributed by atoms with E-state index in [0.717, 1.165) is 16.0 Å². The number of halogens is 1. The molecule has 204 valence electrons. The molecule has 2 heterocycles. The lowest BCUT2D eigenvalue weighted by Gasteiger charge is -2.43. The van der Waals surface area contributed by atoms with Gasteiger partial charge >= 0.3 is 6.03 Å². The van der Waals surface area contributed by atoms with Gasteiger partial charge in [-0.25, -0.2) is 9.18 Å². The summed E-state index contributed by atoms with van der Waals surface area (Å²) in [6.45, 7) is 5.98. The van der Waals surface area contributed by atoms with E-state index in [9.17, 15) is 23.6 Å². The van der Waals surface area contributed by atoms with Crippen LogP contribution in [0.1, 0.15) is 53.7 Å². The number of likely N-dealkylation sites (tertiary alicyclic amines) is 1. The van der Waals surface area contributed by atoms with Gasteiger partial charge in [0.05, 0.1) is 17.2 Å². The minimum absolute atomic E-state index is 0.123. The molecule has 0 saturated carbocycles. The number of nitrogens with zero attached hydrogens (tertiary/aromatic N) is 4. The van der Waals surface area contributed by atoms with E-state index in [0.29, 0.717) is 5.56 Å². The minimum atomic E-state index is -1.09. The molecule has 0 radical (unpaired) electrons. The van der Waals surface area contributed by atoms with E-state index in [2.05, 4.69) is 11.4 Å². The smallest absolute Gasteiger partial charge is 0.327 e. The van der Waals surface area contributed by atoms with E-state index < -0.39 is 29.3 Å². The fourth-order valence-electron chi connectivity index (χ4n) is 5.29. The third-order valence-corrected chi connectivity index (χ3v) is 7.65. The first-order valence-electron chi connectivity index (χ1n) is 12.9. The first-order valence-corrected chi connectivity index (χ1v) is 12.9. The average Bonchev–Trinajstić information content (AvgIpc) is 3.09. The van der Waals surface area contributed by atoms with E-state index in [4.69, 9.17) is 5.26 Å². The molecule has 0 aromatic heterocycles. The van der Waals surface area contributed by atoms with Crippen LogP contribution in [-0.2, 0) is 16.1 Å². The van der Waals surface area contributed by atoms with Gasteiger partial charge in [-0.05, 0) is 55.5 Å². The van der Waals surface area contributed by atoms with Crippen LogP contribution >= 0.6 is 0 Å². The highest BCUT2D eigenvalue weighted by molar-refractivity contribution is 6.07. The summed E-state index contributed by atoms with van der Waals surface area (Å²) in [4.78, 5) is 57.0. The molecule has 0 unspecified atom stereocenters. The monoisotopic (exact) mass is 533 g/mol. The molecule has 2 aliphatic heterocycles. The molecule has 0 bridgehead atoms. The van der Waals surface area contributed by atoms with Crippen LogP contribution in [0.4, 0.5) is 9.18 Å². The molecule has 0 aliphatic carbocycles. The SMILES string of the molecule is Cc1ccc(F)c(C(=O)N[C@@H](C(=O)N2CCC3(CC2)C(=O)N(C)C(=O)N3Cc2ccc(C#N)cc2)C(C)C)c1. The van der Waals surface area contributed by atoms with Crippen molar-refractivity contribution in [3.63, 3.8) is 0 Å². The van der Waals surface area contributed by atoms with Gasteiger partial charge in [-0.3, -0.25) is 19.3 Å². The predicted molar refractivity (Wildman–Crippen MR) is 141 cm³/mol. The Bertz CT molecular complexity index is 1340. The van der Waals surface area contributed by atoms with E-state index in [-0.39, 0.29) is 55.8 Å². The molecule has 2 aromatic carbocycles. The topological polar surface area (TPSA) is 114 Å². The lowest BCUT2D eigenvalue weighted by Crippen LogP contribution is -2.60. The van der Waals surface area contributed by atoms with Gasteiger partial charge in [0.15, 0.2) is 0 Å². The number of nitrogens with one attached hydrogen (secondary N) is 1. The number of hydrogen-bond acceptors (Lipinski definition) is 5. The lowest BCUT2D eigenvalue weighted by molar-refractivity contribution is -0.142. The summed E-state index contributed by atoms with van der Waals surface area (Å²) in [5, 5.41) is 11.8. The molecule has 1 atom stereocenters. The number of rotatable bonds is 6. The molecule has 39 heavy (non-hydrogen) atoms. The highest BCUT2D eigenvalue weighted by Crippen LogP contribution is 2.38. The van der Waals surface area contributed by atoms with Gasteiger partial charge in [-0.2, -0.15) is 5.26 Å². The highest BCUT2D eigenvalue weighted by Gasteiger charge is 2.57. The summed E-state index contributed by atoms with van der Waals surface area (Å²) in [6.07, 6.45) is 0.490. The van der Waals surface area contributed by atoms with E-state index in [1.54, 1.807) is 60.9 Å². The van der Waals surface area contributed by atoms with Crippen molar-refractivity contribution in [2.24, 2.45) is 5.92 Å². The number of hydrogen-bond donors (Lipinski definition) is 1. The standard InChI is InChI=1S/C29H32FN5O4/c1-18(2)24(32-25(36)22-15-19(3)5-10-23(22)30)26(37)34-13-11-29(12-14-34)27(38)33(4)28(39)35(29)17-21-8-6-20(16-31)7-9-21/h5-10,15,18,24H,11-14,17H2,1-4H3,(H,32,36)/t24-/m1/s1. The Kier molecular flexibility index (Phi) is 7.72. The number of likely N-dealkylation sites (N-methyl/N-ethyl adjacent to an activating group) is 1. The van der Waals surface area contributed by atoms with Crippen molar-refractivity contribution in [2.75, 3.05) is 20.1 Å². The van der Waals surface area contributed by atoms with Crippen LogP contribution in [0, 0.1) is 30.0 Å². The molecular formula is C29H32FN5O4. The van der Waals surface area contributed by atoms with Crippen LogP contribution in [0.3, 0.4) is 0 Å². The number of aryl methyl sites for hydroxylation is 1. The zero-order chi connectivity index (χ0) is 28.5. The Morgan fingerprint density at radius 1 is 1.10 bits per heavy atom. The molecular weight excluding hydrogens is 501 g/mol. The van der Waals surface area contributed by atoms with Gasteiger partial charge in [-0.15, -0.1) is 0 Å². The second-order valence-corrected chi connectivity index (χ2v) is 10.6. The van der Waals surface area contributed by atoms with Crippen LogP contribution in [0.5, 0.6) is 0 Å². The lowest BCUT2D eigenvalue weighted by atomic mass is 9.85. The Hall–Kier alpha value is -4.26. The van der Waals surface area contributed by atoms with E-state index in [1.165, 1.54) is 19.2 Å². The second-order valence-electron chi connectivity index (χ2n) is 10.6. The summed E-state index contributed by atoms with van der Waals surface area (Å²) < 4.78 is 14.3. The second kappa shape index (κ2) is 10.8. The van der Waals surface area contributed by atoms with Crippen molar-refractivity contribution in [3.05, 3.63) is 70.5 Å². The molecule has 2 aliphatic rings. The van der Waals surface area contributed by atoms with Gasteiger partial charge in [0.25, 0.3) is 11.8 Å². The molecule has 2 aromatic rings. The zero-order valence-corrected chi connectivity index (χ0v) is 22.5. The zero-order valence-electron chi connectivity index (χ0n) is 22.5. The van der Waals surface area contributed by atoms with Gasteiger partial charge in [0.1, 0.15) is 17.4 Å². The van der Waals surface area contributed by atoms with Gasteiger partial charge in [0.2, 0.25) is 5.91 Å². The fraction of sp³-hybridized carbons (Fsp3) is 0.414. The Morgan fingerprint density at radius 3 is 2.33 bits per heavy atom. The Morgan fingerprint density at radius 2 is 1.74 bits per heavy atom. The number of carbonyl (C=O) groups is 4. The van der Waals surface area contributed by atoms with Crippen molar-refractivity contribution < 1.29 is 23.6 Å². The summed E-state index contributed by atoms with van der Waals surface area (Å²) in [6, 6.07) is 11.9. The van der Waals surface area contributed by atoms with Crippen LogP contribution < -0.4 is 5.32 Å². The van der Waals surface area contributed by atoms with Crippen molar-refractivity contribution in [1.29, 1.82) is 5.26 Å². The quantitative estimate of drug-likeness (QED) is 0.573. The number of urea groups is 1. The number of nitriles is 1. The number of piperidine rings is 1. The number of amides is 5. The molecule has 1 spiro atoms. The predicted octanol–water partition coefficient (Wildman–Crippen LogP) is 3.22. The largest absolute Gasteiger partial charge is 0.341 e. The number of imide groups is 1. The summed E-state index contributed by atoms with van der Waals surface area (Å²) in [5.74, 6) is -2.21. The van der Waals surface area contributed by atoms with Crippen molar-refractivity contribution in [1.82, 2.24) is 20.0 Å². The number of benzene rings is 2. The average molecular weight is 534 g/mol. The van der Waals surface area contributed by atoms with Crippen LogP contribution in [0.2, 0.25) is 0 Å². The Labute approximate surface area is 227 Å². The maximum atomic E-state index is 14.3. The molecule has 5 amide bonds. The van der Waals surface area contributed by atoms with Crippen molar-refractivity contribution in [2.45, 2.75) is 51.7 Å². The molecule has 1 N–H and O–H groups in total. The van der Waals surface area contributed by atoms with Crippen molar-refractivity contribution >= 4 is 23.8 Å². The maximum absolute atomic E-state index is 14.3. The number of carbonyl (C=O) groups excluding carboxylic acids is 4. The van der Waals surface area contributed by atoms with E-state index >= 15 is 0 Å². The van der Waals surface area contributed by atoms with Crippen LogP contribution in [0.25, 0.3) is 0 Å². The third-order valence-electron chi connectivity index (χ3n) is 7.65. The first kappa shape index (κ1) is 27.8. The summed E-state index contributed by atoms with van der Waals surface area (Å²) in [7, 11) is 1.46. The minimum Gasteiger partial charge on any atom is -0.341 e. The van der Waals surface area contributed by atoms with Crippen LogP contribution in [0.15, 0.2) is 42.5 Å². The fourth-order valence-corrected chi connectivity index (χ4v) is 5.29. The van der Waals surface area contributed by atoms with E-state index in [1.807, 2.05) is 0 Å². The van der Waals surface area contributed by atoms with Gasteiger partial charge in [-0.1, -0.05) is 37.6 Å². The summed E-state index contributed by atoms with van der Waals surface area (Å²) >= 11 is 0. The maximum Gasteiger partial charge on any atom is 0.327 e. The first-order chi connectivity index (χ1) is 18.5. The van der Waals surface area contributed by atoms with Crippen molar-refractivity contribution in [3.8, 4) is 6.07 Å². The van der Waals surface area contributed by atoms with Gasteiger partial charge < -0.3 is 15.1 Å². The normalized spacial score (nSPS) is 17.5. The molecule has 4 rings (SSSR count). The molecule has 2 fully saturated rings.